The van der Waals surface area contributed by atoms with Gasteiger partial charge in [0.25, 0.3) is 0 Å². The van der Waals surface area contributed by atoms with Crippen molar-refractivity contribution >= 4 is 17.5 Å². The molecule has 0 saturated heterocycles. The first kappa shape index (κ1) is 21.0. The third-order valence-corrected chi connectivity index (χ3v) is 5.07. The lowest BCUT2D eigenvalue weighted by molar-refractivity contribution is -0.132. The number of benzene rings is 2. The predicted octanol–water partition coefficient (Wildman–Crippen LogP) is 3.68. The number of aryl methyl sites for hydroxylation is 1. The van der Waals surface area contributed by atoms with Crippen LogP contribution in [0.3, 0.4) is 0 Å². The lowest BCUT2D eigenvalue weighted by Crippen LogP contribution is -2.34. The number of halogens is 2. The molecule has 1 N–H and O–H groups in total. The number of aliphatic hydroxyl groups excluding tert-OH is 1. The maximum atomic E-state index is 14.1. The van der Waals surface area contributed by atoms with E-state index < -0.39 is 0 Å². The number of aliphatic hydroxyl groups is 1. The molecule has 0 aliphatic carbocycles. The van der Waals surface area contributed by atoms with Gasteiger partial charge in [0.05, 0.1) is 19.7 Å². The lowest BCUT2D eigenvalue weighted by atomic mass is 10.1. The van der Waals surface area contributed by atoms with Gasteiger partial charge in [0.15, 0.2) is 0 Å². The second kappa shape index (κ2) is 10.2. The third kappa shape index (κ3) is 5.65. The van der Waals surface area contributed by atoms with Crippen molar-refractivity contribution in [3.63, 3.8) is 0 Å². The van der Waals surface area contributed by atoms with E-state index in [1.807, 2.05) is 30.3 Å². The zero-order valence-corrected chi connectivity index (χ0v) is 16.7. The topological polar surface area (TPSA) is 58.4 Å². The summed E-state index contributed by atoms with van der Waals surface area (Å²) in [5, 5.41) is 9.73. The first-order valence-corrected chi connectivity index (χ1v) is 9.81. The minimum Gasteiger partial charge on any atom is -0.395 e. The van der Waals surface area contributed by atoms with Crippen LogP contribution in [0.15, 0.2) is 60.9 Å². The van der Waals surface area contributed by atoms with E-state index in [-0.39, 0.29) is 38.0 Å². The average molecular weight is 416 g/mol. The van der Waals surface area contributed by atoms with E-state index in [1.165, 1.54) is 6.07 Å². The van der Waals surface area contributed by atoms with Crippen molar-refractivity contribution in [3.05, 3.63) is 88.7 Å². The molecule has 7 heteroatoms. The fraction of sp³-hybridized carbons (Fsp3) is 0.273. The smallest absolute Gasteiger partial charge is 0.223 e. The molecule has 0 aliphatic heterocycles. The minimum atomic E-state index is -0.386. The second-order valence-electron chi connectivity index (χ2n) is 6.70. The number of imidazole rings is 1. The quantitative estimate of drug-likeness (QED) is 0.580. The van der Waals surface area contributed by atoms with E-state index >= 15 is 0 Å². The van der Waals surface area contributed by atoms with E-state index in [2.05, 4.69) is 4.98 Å². The van der Waals surface area contributed by atoms with Crippen LogP contribution in [0.2, 0.25) is 5.02 Å². The predicted molar refractivity (Wildman–Crippen MR) is 110 cm³/mol. The Balaban J connectivity index is 1.69. The highest BCUT2D eigenvalue weighted by atomic mass is 35.5. The molecule has 0 spiro atoms. The van der Waals surface area contributed by atoms with Crippen molar-refractivity contribution in [2.45, 2.75) is 25.9 Å². The number of amides is 1. The standard InChI is InChI=1S/C22H23ClFN3O2/c23-19-7-4-8-20(24)18(19)15-26-12-11-25-21(26)16-27(13-14-28)22(29)10-9-17-5-2-1-3-6-17/h1-8,11-12,28H,9-10,13-16H2. The van der Waals surface area contributed by atoms with Crippen molar-refractivity contribution in [3.8, 4) is 0 Å². The molecule has 29 heavy (non-hydrogen) atoms. The van der Waals surface area contributed by atoms with Crippen LogP contribution in [-0.4, -0.2) is 38.6 Å². The van der Waals surface area contributed by atoms with Crippen molar-refractivity contribution in [1.29, 1.82) is 0 Å². The van der Waals surface area contributed by atoms with Crippen LogP contribution in [-0.2, 0) is 24.3 Å². The number of hydrogen-bond acceptors (Lipinski definition) is 3. The number of hydrogen-bond donors (Lipinski definition) is 1. The normalized spacial score (nSPS) is 10.9. The summed E-state index contributed by atoms with van der Waals surface area (Å²) >= 11 is 6.13. The van der Waals surface area contributed by atoms with E-state index in [0.29, 0.717) is 29.3 Å². The molecular weight excluding hydrogens is 393 g/mol. The summed E-state index contributed by atoms with van der Waals surface area (Å²) < 4.78 is 15.9. The second-order valence-corrected chi connectivity index (χ2v) is 7.10. The third-order valence-electron chi connectivity index (χ3n) is 4.72. The minimum absolute atomic E-state index is 0.0682. The van der Waals surface area contributed by atoms with Gasteiger partial charge < -0.3 is 14.6 Å². The molecule has 3 aromatic rings. The first-order valence-electron chi connectivity index (χ1n) is 9.44. The van der Waals surface area contributed by atoms with Crippen LogP contribution in [0.1, 0.15) is 23.4 Å². The van der Waals surface area contributed by atoms with Gasteiger partial charge in [-0.05, 0) is 24.1 Å². The van der Waals surface area contributed by atoms with Gasteiger partial charge >= 0.3 is 0 Å². The molecule has 0 atom stereocenters. The Morgan fingerprint density at radius 2 is 1.97 bits per heavy atom. The van der Waals surface area contributed by atoms with Crippen LogP contribution >= 0.6 is 11.6 Å². The van der Waals surface area contributed by atoms with Gasteiger partial charge in [-0.3, -0.25) is 4.79 Å². The maximum absolute atomic E-state index is 14.1. The highest BCUT2D eigenvalue weighted by Crippen LogP contribution is 2.21. The Kier molecular flexibility index (Phi) is 7.38. The SMILES string of the molecule is O=C(CCc1ccccc1)N(CCO)Cc1nccn1Cc1c(F)cccc1Cl. The molecule has 3 rings (SSSR count). The summed E-state index contributed by atoms with van der Waals surface area (Å²) in [7, 11) is 0. The van der Waals surface area contributed by atoms with Crippen LogP contribution in [0.4, 0.5) is 4.39 Å². The highest BCUT2D eigenvalue weighted by Gasteiger charge is 2.17. The number of carbonyl (C=O) groups excluding carboxylic acids is 1. The number of nitrogens with zero attached hydrogens (tertiary/aromatic N) is 3. The van der Waals surface area contributed by atoms with E-state index in [9.17, 15) is 14.3 Å². The van der Waals surface area contributed by atoms with Crippen molar-refractivity contribution in [2.24, 2.45) is 0 Å². The fourth-order valence-electron chi connectivity index (χ4n) is 3.13. The summed E-state index contributed by atoms with van der Waals surface area (Å²) in [6.07, 6.45) is 4.30. The Morgan fingerprint density at radius 1 is 1.17 bits per heavy atom. The molecular formula is C22H23ClFN3O2. The van der Waals surface area contributed by atoms with Crippen molar-refractivity contribution in [2.75, 3.05) is 13.2 Å². The van der Waals surface area contributed by atoms with Crippen LogP contribution in [0.25, 0.3) is 0 Å². The van der Waals surface area contributed by atoms with Gasteiger partial charge in [-0.2, -0.15) is 0 Å². The van der Waals surface area contributed by atoms with Gasteiger partial charge in [-0.25, -0.2) is 9.37 Å². The zero-order valence-electron chi connectivity index (χ0n) is 16.0. The number of aromatic nitrogens is 2. The molecule has 5 nitrogen and oxygen atoms in total. The van der Waals surface area contributed by atoms with Crippen LogP contribution in [0.5, 0.6) is 0 Å². The lowest BCUT2D eigenvalue weighted by Gasteiger charge is -2.22. The molecule has 0 bridgehead atoms. The molecule has 0 saturated carbocycles. The summed E-state index contributed by atoms with van der Waals surface area (Å²) in [4.78, 5) is 18.6. The molecule has 0 aliphatic rings. The highest BCUT2D eigenvalue weighted by molar-refractivity contribution is 6.31. The molecule has 1 amide bonds. The molecule has 152 valence electrons. The van der Waals surface area contributed by atoms with Crippen molar-refractivity contribution < 1.29 is 14.3 Å². The molecule has 2 aromatic carbocycles. The summed E-state index contributed by atoms with van der Waals surface area (Å²) in [5.74, 6) is 0.149. The molecule has 1 aromatic heterocycles. The Bertz CT molecular complexity index is 926. The van der Waals surface area contributed by atoms with E-state index in [4.69, 9.17) is 11.6 Å². The first-order chi connectivity index (χ1) is 14.1. The maximum Gasteiger partial charge on any atom is 0.223 e. The largest absolute Gasteiger partial charge is 0.395 e. The Labute approximate surface area is 174 Å². The van der Waals surface area contributed by atoms with Crippen molar-refractivity contribution in [1.82, 2.24) is 14.5 Å². The Morgan fingerprint density at radius 3 is 2.69 bits per heavy atom. The van der Waals surface area contributed by atoms with Gasteiger partial charge in [-0.1, -0.05) is 48.0 Å². The van der Waals surface area contributed by atoms with Gasteiger partial charge in [-0.15, -0.1) is 0 Å². The zero-order chi connectivity index (χ0) is 20.6. The molecule has 0 unspecified atom stereocenters. The van der Waals surface area contributed by atoms with Gasteiger partial charge in [0.2, 0.25) is 5.91 Å². The number of rotatable bonds is 9. The van der Waals surface area contributed by atoms with Crippen LogP contribution in [0, 0.1) is 5.82 Å². The molecule has 0 radical (unpaired) electrons. The van der Waals surface area contributed by atoms with E-state index in [0.717, 1.165) is 5.56 Å². The van der Waals surface area contributed by atoms with E-state index in [1.54, 1.807) is 34.0 Å². The number of carbonyl (C=O) groups is 1. The molecule has 0 fully saturated rings. The fourth-order valence-corrected chi connectivity index (χ4v) is 3.35. The summed E-state index contributed by atoms with van der Waals surface area (Å²) in [6, 6.07) is 14.3. The average Bonchev–Trinajstić information content (AvgIpc) is 3.16. The van der Waals surface area contributed by atoms with Gasteiger partial charge in [0.1, 0.15) is 11.6 Å². The molecule has 1 heterocycles. The summed E-state index contributed by atoms with van der Waals surface area (Å²) in [6.45, 7) is 0.511. The van der Waals surface area contributed by atoms with Gasteiger partial charge in [0, 0.05) is 35.9 Å². The monoisotopic (exact) mass is 415 g/mol. The summed E-state index contributed by atoms with van der Waals surface area (Å²) in [5.41, 5.74) is 1.46. The van der Waals surface area contributed by atoms with Crippen LogP contribution < -0.4 is 0 Å². The Hall–Kier alpha value is -2.70.